The number of morpholine rings is 1. The van der Waals surface area contributed by atoms with Crippen molar-refractivity contribution in [3.8, 4) is 11.5 Å². The second-order valence-electron chi connectivity index (χ2n) is 5.77. The van der Waals surface area contributed by atoms with Crippen molar-refractivity contribution in [3.05, 3.63) is 28.7 Å². The number of amides is 2. The summed E-state index contributed by atoms with van der Waals surface area (Å²) in [4.78, 5) is 26.3. The summed E-state index contributed by atoms with van der Waals surface area (Å²) in [5.41, 5.74) is 0.785. The molecular formula is C18H20N2O5S2. The van der Waals surface area contributed by atoms with Crippen molar-refractivity contribution in [1.82, 2.24) is 10.2 Å². The first-order valence-corrected chi connectivity index (χ1v) is 9.79. The smallest absolute Gasteiger partial charge is 0.263 e. The lowest BCUT2D eigenvalue weighted by Gasteiger charge is -2.26. The maximum atomic E-state index is 12.2. The van der Waals surface area contributed by atoms with Gasteiger partial charge in [-0.2, -0.15) is 0 Å². The molecule has 1 aromatic carbocycles. The van der Waals surface area contributed by atoms with Crippen molar-refractivity contribution in [2.45, 2.75) is 6.92 Å². The molecule has 7 nitrogen and oxygen atoms in total. The Morgan fingerprint density at radius 2 is 2.11 bits per heavy atom. The Balaban J connectivity index is 1.70. The third-order valence-electron chi connectivity index (χ3n) is 3.92. The largest absolute Gasteiger partial charge is 0.490 e. The second kappa shape index (κ2) is 9.20. The number of ether oxygens (including phenoxy) is 3. The lowest BCUT2D eigenvalue weighted by atomic mass is 10.2. The molecule has 0 bridgehead atoms. The number of nitrogens with one attached hydrogen (secondary N) is 1. The third kappa shape index (κ3) is 5.21. The summed E-state index contributed by atoms with van der Waals surface area (Å²) in [6, 6.07) is 5.32. The number of thiocarbonyl (C=S) groups is 1. The maximum absolute atomic E-state index is 12.2. The molecule has 3 rings (SSSR count). The minimum Gasteiger partial charge on any atom is -0.490 e. The SMILES string of the molecule is CCOc1cc(/C=C2/SC(=S)NC2=O)ccc1OCC(=O)N1CCOCC1. The van der Waals surface area contributed by atoms with E-state index in [-0.39, 0.29) is 18.4 Å². The van der Waals surface area contributed by atoms with E-state index >= 15 is 0 Å². The zero-order valence-corrected chi connectivity index (χ0v) is 16.5. The summed E-state index contributed by atoms with van der Waals surface area (Å²) < 4.78 is 17.0. The number of nitrogens with zero attached hydrogens (tertiary/aromatic N) is 1. The van der Waals surface area contributed by atoms with Crippen LogP contribution in [0.1, 0.15) is 12.5 Å². The van der Waals surface area contributed by atoms with E-state index in [0.29, 0.717) is 53.6 Å². The molecule has 0 unspecified atom stereocenters. The Morgan fingerprint density at radius 3 is 2.78 bits per heavy atom. The average Bonchev–Trinajstić information content (AvgIpc) is 2.98. The van der Waals surface area contributed by atoms with Crippen LogP contribution in [0.25, 0.3) is 6.08 Å². The molecule has 2 heterocycles. The summed E-state index contributed by atoms with van der Waals surface area (Å²) >= 11 is 6.21. The van der Waals surface area contributed by atoms with Crippen LogP contribution >= 0.6 is 24.0 Å². The van der Waals surface area contributed by atoms with Crippen molar-refractivity contribution in [3.63, 3.8) is 0 Å². The highest BCUT2D eigenvalue weighted by atomic mass is 32.2. The Hall–Kier alpha value is -2.10. The number of hydrogen-bond acceptors (Lipinski definition) is 7. The van der Waals surface area contributed by atoms with Gasteiger partial charge in [-0.1, -0.05) is 30.0 Å². The zero-order valence-electron chi connectivity index (χ0n) is 14.9. The first-order chi connectivity index (χ1) is 13.1. The van der Waals surface area contributed by atoms with E-state index < -0.39 is 0 Å². The van der Waals surface area contributed by atoms with Crippen LogP contribution in [0.4, 0.5) is 0 Å². The molecule has 1 aromatic rings. The van der Waals surface area contributed by atoms with Gasteiger partial charge in [0.05, 0.1) is 24.7 Å². The van der Waals surface area contributed by atoms with Crippen LogP contribution in [-0.2, 0) is 14.3 Å². The van der Waals surface area contributed by atoms with Gasteiger partial charge in [0.1, 0.15) is 4.32 Å². The van der Waals surface area contributed by atoms with Gasteiger partial charge in [-0.05, 0) is 30.7 Å². The van der Waals surface area contributed by atoms with Gasteiger partial charge in [0.2, 0.25) is 0 Å². The molecule has 9 heteroatoms. The lowest BCUT2D eigenvalue weighted by molar-refractivity contribution is -0.137. The van der Waals surface area contributed by atoms with E-state index in [2.05, 4.69) is 5.32 Å². The molecule has 2 aliphatic heterocycles. The maximum Gasteiger partial charge on any atom is 0.263 e. The molecule has 2 amide bonds. The highest BCUT2D eigenvalue weighted by Crippen LogP contribution is 2.32. The van der Waals surface area contributed by atoms with Gasteiger partial charge in [-0.25, -0.2) is 0 Å². The van der Waals surface area contributed by atoms with Gasteiger partial charge in [-0.15, -0.1) is 0 Å². The Bertz CT molecular complexity index is 775. The summed E-state index contributed by atoms with van der Waals surface area (Å²) in [6.45, 7) is 4.51. The van der Waals surface area contributed by atoms with Crippen molar-refractivity contribution in [2.75, 3.05) is 39.5 Å². The summed E-state index contributed by atoms with van der Waals surface area (Å²) in [7, 11) is 0. The number of rotatable bonds is 6. The van der Waals surface area contributed by atoms with Crippen LogP contribution in [0.3, 0.4) is 0 Å². The fourth-order valence-corrected chi connectivity index (χ4v) is 3.66. The molecular weight excluding hydrogens is 388 g/mol. The molecule has 0 aliphatic carbocycles. The molecule has 0 aromatic heterocycles. The minimum absolute atomic E-state index is 0.0625. The van der Waals surface area contributed by atoms with Crippen LogP contribution in [0, 0.1) is 0 Å². The summed E-state index contributed by atoms with van der Waals surface area (Å²) in [6.07, 6.45) is 1.74. The van der Waals surface area contributed by atoms with Crippen LogP contribution in [0.15, 0.2) is 23.1 Å². The van der Waals surface area contributed by atoms with Gasteiger partial charge in [0.25, 0.3) is 11.8 Å². The predicted molar refractivity (Wildman–Crippen MR) is 107 cm³/mol. The molecule has 144 valence electrons. The van der Waals surface area contributed by atoms with Crippen molar-refractivity contribution in [2.24, 2.45) is 0 Å². The fraction of sp³-hybridized carbons (Fsp3) is 0.389. The molecule has 0 radical (unpaired) electrons. The Morgan fingerprint density at radius 1 is 1.33 bits per heavy atom. The van der Waals surface area contributed by atoms with Gasteiger partial charge in [-0.3, -0.25) is 9.59 Å². The van der Waals surface area contributed by atoms with E-state index in [1.807, 2.05) is 6.92 Å². The average molecular weight is 409 g/mol. The van der Waals surface area contributed by atoms with Crippen molar-refractivity contribution in [1.29, 1.82) is 0 Å². The Labute approximate surface area is 167 Å². The van der Waals surface area contributed by atoms with E-state index in [1.165, 1.54) is 11.8 Å². The molecule has 0 atom stereocenters. The molecule has 2 fully saturated rings. The molecule has 1 N–H and O–H groups in total. The van der Waals surface area contributed by atoms with Crippen LogP contribution in [0.5, 0.6) is 11.5 Å². The van der Waals surface area contributed by atoms with Crippen molar-refractivity contribution >= 4 is 46.2 Å². The molecule has 2 aliphatic rings. The van der Waals surface area contributed by atoms with Gasteiger partial charge in [0.15, 0.2) is 18.1 Å². The first kappa shape index (κ1) is 19.7. The molecule has 27 heavy (non-hydrogen) atoms. The normalized spacial score (nSPS) is 18.6. The predicted octanol–water partition coefficient (Wildman–Crippen LogP) is 1.81. The van der Waals surface area contributed by atoms with Crippen molar-refractivity contribution < 1.29 is 23.8 Å². The minimum atomic E-state index is -0.209. The topological polar surface area (TPSA) is 77.1 Å². The number of hydrogen-bond donors (Lipinski definition) is 1. The fourth-order valence-electron chi connectivity index (χ4n) is 2.62. The van der Waals surface area contributed by atoms with E-state index in [0.717, 1.165) is 5.56 Å². The summed E-state index contributed by atoms with van der Waals surface area (Å²) in [5, 5.41) is 2.58. The van der Waals surface area contributed by atoms with Crippen LogP contribution in [-0.4, -0.2) is 60.6 Å². The standard InChI is InChI=1S/C18H20N2O5S2/c1-2-24-14-9-12(10-15-17(22)19-18(26)27-15)3-4-13(14)25-11-16(21)20-5-7-23-8-6-20/h3-4,9-10H,2,5-8,11H2,1H3,(H,19,22,26)/b15-10+. The lowest BCUT2D eigenvalue weighted by Crippen LogP contribution is -2.43. The molecule has 0 saturated carbocycles. The number of benzene rings is 1. The number of thioether (sulfide) groups is 1. The van der Waals surface area contributed by atoms with Gasteiger partial charge in [0, 0.05) is 13.1 Å². The Kier molecular flexibility index (Phi) is 6.70. The van der Waals surface area contributed by atoms with E-state index in [9.17, 15) is 9.59 Å². The highest BCUT2D eigenvalue weighted by Gasteiger charge is 2.22. The van der Waals surface area contributed by atoms with Crippen LogP contribution < -0.4 is 14.8 Å². The van der Waals surface area contributed by atoms with Gasteiger partial charge < -0.3 is 24.4 Å². The first-order valence-electron chi connectivity index (χ1n) is 8.57. The second-order valence-corrected chi connectivity index (χ2v) is 7.49. The van der Waals surface area contributed by atoms with E-state index in [4.69, 9.17) is 26.4 Å². The number of carbonyl (C=O) groups is 2. The third-order valence-corrected chi connectivity index (χ3v) is 5.09. The van der Waals surface area contributed by atoms with Crippen LogP contribution in [0.2, 0.25) is 0 Å². The summed E-state index contributed by atoms with van der Waals surface area (Å²) in [5.74, 6) is 0.714. The quantitative estimate of drug-likeness (QED) is 0.568. The monoisotopic (exact) mass is 408 g/mol. The number of carbonyl (C=O) groups excluding carboxylic acids is 2. The van der Waals surface area contributed by atoms with E-state index in [1.54, 1.807) is 29.2 Å². The highest BCUT2D eigenvalue weighted by molar-refractivity contribution is 8.26. The molecule has 0 spiro atoms. The van der Waals surface area contributed by atoms with Gasteiger partial charge >= 0.3 is 0 Å². The molecule has 2 saturated heterocycles. The zero-order chi connectivity index (χ0) is 19.2.